The fraction of sp³-hybridized carbons (Fsp3) is 0.333. The molecule has 0 spiro atoms. The molecule has 0 saturated carbocycles. The number of hydrogen-bond acceptors (Lipinski definition) is 1. The van der Waals surface area contributed by atoms with Crippen LogP contribution in [0.4, 0.5) is 13.2 Å². The van der Waals surface area contributed by atoms with Gasteiger partial charge in [-0.05, 0) is 24.1 Å². The number of halogens is 4. The summed E-state index contributed by atoms with van der Waals surface area (Å²) in [6, 6.07) is 2.52. The molecule has 1 nitrogen and oxygen atoms in total. The van der Waals surface area contributed by atoms with Gasteiger partial charge in [-0.25, -0.2) is 0 Å². The minimum absolute atomic E-state index is 0.0508. The van der Waals surface area contributed by atoms with E-state index in [0.29, 0.717) is 5.56 Å². The molecule has 0 aliphatic rings. The Hall–Kier alpha value is -0.740. The van der Waals surface area contributed by atoms with Crippen LogP contribution in [0.5, 0.6) is 0 Å². The molecule has 5 heteroatoms. The normalized spacial score (nSPS) is 14.1. The Balaban J connectivity index is 3.19. The number of nitrogens with two attached hydrogens (primary N) is 1. The van der Waals surface area contributed by atoms with Gasteiger partial charge in [-0.15, -0.1) is 0 Å². The highest BCUT2D eigenvalue weighted by Gasteiger charge is 2.39. The van der Waals surface area contributed by atoms with Crippen LogP contribution < -0.4 is 5.73 Å². The van der Waals surface area contributed by atoms with Crippen LogP contribution in [0, 0.1) is 6.92 Å². The third-order valence-electron chi connectivity index (χ3n) is 1.93. The van der Waals surface area contributed by atoms with E-state index in [4.69, 9.17) is 17.3 Å². The predicted octanol–water partition coefficient (Wildman–Crippen LogP) is 3.21. The van der Waals surface area contributed by atoms with Gasteiger partial charge >= 0.3 is 6.18 Å². The quantitative estimate of drug-likeness (QED) is 0.777. The van der Waals surface area contributed by atoms with Gasteiger partial charge in [0.25, 0.3) is 0 Å². The molecule has 1 atom stereocenters. The molecule has 0 amide bonds. The molecule has 1 aromatic rings. The minimum Gasteiger partial charge on any atom is -0.316 e. The molecule has 0 aromatic heterocycles. The van der Waals surface area contributed by atoms with Crippen molar-refractivity contribution >= 4 is 11.6 Å². The van der Waals surface area contributed by atoms with Crippen LogP contribution in [0.25, 0.3) is 0 Å². The van der Waals surface area contributed by atoms with E-state index < -0.39 is 12.2 Å². The molecule has 0 saturated heterocycles. The van der Waals surface area contributed by atoms with Crippen molar-refractivity contribution in [3.8, 4) is 0 Å². The smallest absolute Gasteiger partial charge is 0.316 e. The Morgan fingerprint density at radius 3 is 2.36 bits per heavy atom. The van der Waals surface area contributed by atoms with E-state index in [1.807, 2.05) is 0 Å². The van der Waals surface area contributed by atoms with Gasteiger partial charge in [0.1, 0.15) is 6.04 Å². The average Bonchev–Trinajstić information content (AvgIpc) is 2.01. The van der Waals surface area contributed by atoms with Crippen LogP contribution in [-0.2, 0) is 0 Å². The standard InChI is InChI=1S/C9H9ClF3N/c1-5-3-2-4-6(10)7(5)8(14)9(11,12)13/h2-4,8H,14H2,1H3. The highest BCUT2D eigenvalue weighted by Crippen LogP contribution is 2.35. The van der Waals surface area contributed by atoms with Gasteiger partial charge in [-0.3, -0.25) is 0 Å². The van der Waals surface area contributed by atoms with Crippen molar-refractivity contribution in [2.45, 2.75) is 19.1 Å². The maximum Gasteiger partial charge on any atom is 0.407 e. The third kappa shape index (κ3) is 2.19. The lowest BCUT2D eigenvalue weighted by Gasteiger charge is -2.19. The molecular weight excluding hydrogens is 215 g/mol. The van der Waals surface area contributed by atoms with E-state index in [0.717, 1.165) is 0 Å². The van der Waals surface area contributed by atoms with E-state index in [-0.39, 0.29) is 10.6 Å². The number of hydrogen-bond donors (Lipinski definition) is 1. The summed E-state index contributed by atoms with van der Waals surface area (Å²) in [5, 5.41) is 0.0508. The van der Waals surface area contributed by atoms with Crippen molar-refractivity contribution in [3.05, 3.63) is 34.3 Å². The lowest BCUT2D eigenvalue weighted by Crippen LogP contribution is -2.29. The van der Waals surface area contributed by atoms with Crippen molar-refractivity contribution in [2.75, 3.05) is 0 Å². The molecule has 1 rings (SSSR count). The Bertz CT molecular complexity index is 315. The fourth-order valence-electron chi connectivity index (χ4n) is 1.20. The molecular formula is C9H9ClF3N. The Morgan fingerprint density at radius 2 is 1.93 bits per heavy atom. The maximum atomic E-state index is 12.3. The first-order valence-corrected chi connectivity index (χ1v) is 4.29. The molecule has 0 aliphatic carbocycles. The highest BCUT2D eigenvalue weighted by atomic mass is 35.5. The van der Waals surface area contributed by atoms with Crippen LogP contribution in [0.15, 0.2) is 18.2 Å². The molecule has 14 heavy (non-hydrogen) atoms. The molecule has 1 aromatic carbocycles. The first-order chi connectivity index (χ1) is 6.34. The summed E-state index contributed by atoms with van der Waals surface area (Å²) in [5.74, 6) is 0. The SMILES string of the molecule is Cc1cccc(Cl)c1C(N)C(F)(F)F. The second kappa shape index (κ2) is 3.79. The largest absolute Gasteiger partial charge is 0.407 e. The lowest BCUT2D eigenvalue weighted by atomic mass is 10.0. The van der Waals surface area contributed by atoms with Gasteiger partial charge in [0.2, 0.25) is 0 Å². The summed E-state index contributed by atoms with van der Waals surface area (Å²) in [7, 11) is 0. The Kier molecular flexibility index (Phi) is 3.07. The number of rotatable bonds is 1. The average molecular weight is 224 g/mol. The van der Waals surface area contributed by atoms with Gasteiger partial charge in [0.05, 0.1) is 0 Å². The zero-order chi connectivity index (χ0) is 10.9. The van der Waals surface area contributed by atoms with Crippen LogP contribution in [0.3, 0.4) is 0 Å². The van der Waals surface area contributed by atoms with Crippen molar-refractivity contribution in [1.29, 1.82) is 0 Å². The molecule has 0 aliphatic heterocycles. The van der Waals surface area contributed by atoms with Gasteiger partial charge < -0.3 is 5.73 Å². The van der Waals surface area contributed by atoms with E-state index in [9.17, 15) is 13.2 Å². The number of benzene rings is 1. The zero-order valence-corrected chi connectivity index (χ0v) is 8.15. The van der Waals surface area contributed by atoms with Crippen molar-refractivity contribution in [3.63, 3.8) is 0 Å². The van der Waals surface area contributed by atoms with Crippen molar-refractivity contribution < 1.29 is 13.2 Å². The minimum atomic E-state index is -4.46. The summed E-state index contributed by atoms with van der Waals surface area (Å²) < 4.78 is 36.9. The second-order valence-electron chi connectivity index (χ2n) is 2.99. The van der Waals surface area contributed by atoms with Crippen LogP contribution in [0.2, 0.25) is 5.02 Å². The number of aryl methyl sites for hydroxylation is 1. The molecule has 78 valence electrons. The second-order valence-corrected chi connectivity index (χ2v) is 3.40. The van der Waals surface area contributed by atoms with E-state index in [1.165, 1.54) is 6.07 Å². The van der Waals surface area contributed by atoms with E-state index in [2.05, 4.69) is 0 Å². The van der Waals surface area contributed by atoms with Crippen molar-refractivity contribution in [2.24, 2.45) is 5.73 Å². The maximum absolute atomic E-state index is 12.3. The van der Waals surface area contributed by atoms with E-state index in [1.54, 1.807) is 19.1 Å². The summed E-state index contributed by atoms with van der Waals surface area (Å²) in [5.41, 5.74) is 5.46. The summed E-state index contributed by atoms with van der Waals surface area (Å²) in [6.07, 6.45) is -4.46. The lowest BCUT2D eigenvalue weighted by molar-refractivity contribution is -0.149. The van der Waals surface area contributed by atoms with Gasteiger partial charge in [0.15, 0.2) is 0 Å². The molecule has 0 radical (unpaired) electrons. The van der Waals surface area contributed by atoms with Gasteiger partial charge in [-0.2, -0.15) is 13.2 Å². The molecule has 0 heterocycles. The summed E-state index contributed by atoms with van der Waals surface area (Å²) in [4.78, 5) is 0. The molecule has 2 N–H and O–H groups in total. The van der Waals surface area contributed by atoms with Crippen molar-refractivity contribution in [1.82, 2.24) is 0 Å². The Morgan fingerprint density at radius 1 is 1.36 bits per heavy atom. The predicted molar refractivity (Wildman–Crippen MR) is 49.2 cm³/mol. The van der Waals surface area contributed by atoms with Crippen LogP contribution in [-0.4, -0.2) is 6.18 Å². The first kappa shape index (κ1) is 11.3. The van der Waals surface area contributed by atoms with Crippen LogP contribution >= 0.6 is 11.6 Å². The zero-order valence-electron chi connectivity index (χ0n) is 7.40. The first-order valence-electron chi connectivity index (χ1n) is 3.91. The molecule has 0 bridgehead atoms. The van der Waals surface area contributed by atoms with Gasteiger partial charge in [-0.1, -0.05) is 23.7 Å². The van der Waals surface area contributed by atoms with Crippen LogP contribution in [0.1, 0.15) is 17.2 Å². The highest BCUT2D eigenvalue weighted by molar-refractivity contribution is 6.31. The molecule has 1 unspecified atom stereocenters. The topological polar surface area (TPSA) is 26.0 Å². The third-order valence-corrected chi connectivity index (χ3v) is 2.26. The number of alkyl halides is 3. The van der Waals surface area contributed by atoms with Gasteiger partial charge in [0, 0.05) is 5.02 Å². The fourth-order valence-corrected chi connectivity index (χ4v) is 1.54. The summed E-state index contributed by atoms with van der Waals surface area (Å²) in [6.45, 7) is 1.55. The molecule has 0 fully saturated rings. The summed E-state index contributed by atoms with van der Waals surface area (Å²) >= 11 is 5.65. The Labute approximate surface area is 84.7 Å². The van der Waals surface area contributed by atoms with E-state index >= 15 is 0 Å². The monoisotopic (exact) mass is 223 g/mol.